The van der Waals surface area contributed by atoms with E-state index in [0.717, 1.165) is 29.5 Å². The zero-order valence-corrected chi connectivity index (χ0v) is 19.9. The van der Waals surface area contributed by atoms with Crippen molar-refractivity contribution in [3.63, 3.8) is 0 Å². The highest BCUT2D eigenvalue weighted by Gasteiger charge is 2.34. The normalized spacial score (nSPS) is 18.3. The number of likely N-dealkylation sites (tertiary alicyclic amines) is 1. The number of nitrogens with zero attached hydrogens (tertiary/aromatic N) is 4. The third-order valence-corrected chi connectivity index (χ3v) is 6.72. The third-order valence-electron chi connectivity index (χ3n) is 6.48. The fourth-order valence-corrected chi connectivity index (χ4v) is 4.86. The molecule has 2 atom stereocenters. The van der Waals surface area contributed by atoms with E-state index in [4.69, 9.17) is 16.0 Å². The molecular weight excluding hydrogens is 450 g/mol. The molecule has 1 fully saturated rings. The highest BCUT2D eigenvalue weighted by Crippen LogP contribution is 2.30. The first-order chi connectivity index (χ1) is 16.5. The van der Waals surface area contributed by atoms with Crippen LogP contribution in [0, 0.1) is 12.8 Å². The van der Waals surface area contributed by atoms with Gasteiger partial charge in [-0.3, -0.25) is 4.79 Å². The molecule has 0 bridgehead atoms. The molecule has 0 spiro atoms. The first-order valence-electron chi connectivity index (χ1n) is 11.5. The molecule has 2 aromatic carbocycles. The molecule has 2 aromatic heterocycles. The van der Waals surface area contributed by atoms with Gasteiger partial charge in [-0.25, -0.2) is 9.97 Å². The summed E-state index contributed by atoms with van der Waals surface area (Å²) in [6.07, 6.45) is 5.42. The Kier molecular flexibility index (Phi) is 6.20. The number of fused-ring (bicyclic) bond motifs is 1. The number of amides is 1. The number of carbonyl (C=O) groups is 1. The van der Waals surface area contributed by atoms with Crippen molar-refractivity contribution in [2.75, 3.05) is 18.4 Å². The molecule has 1 aliphatic rings. The second kappa shape index (κ2) is 9.43. The summed E-state index contributed by atoms with van der Waals surface area (Å²) in [7, 11) is 0. The van der Waals surface area contributed by atoms with Crippen LogP contribution >= 0.6 is 11.6 Å². The van der Waals surface area contributed by atoms with Gasteiger partial charge < -0.3 is 14.6 Å². The van der Waals surface area contributed by atoms with E-state index < -0.39 is 0 Å². The van der Waals surface area contributed by atoms with Gasteiger partial charge in [-0.1, -0.05) is 36.7 Å². The second-order valence-corrected chi connectivity index (χ2v) is 9.20. The maximum Gasteiger partial charge on any atom is 0.295 e. The summed E-state index contributed by atoms with van der Waals surface area (Å²) in [6.45, 7) is 5.39. The second-order valence-electron chi connectivity index (χ2n) is 8.77. The summed E-state index contributed by atoms with van der Waals surface area (Å²) in [5, 5.41) is 3.91. The maximum atomic E-state index is 13.9. The highest BCUT2D eigenvalue weighted by molar-refractivity contribution is 6.31. The zero-order valence-electron chi connectivity index (χ0n) is 19.2. The van der Waals surface area contributed by atoms with Crippen molar-refractivity contribution in [2.24, 2.45) is 5.92 Å². The van der Waals surface area contributed by atoms with Crippen LogP contribution in [-0.4, -0.2) is 44.9 Å². The first kappa shape index (κ1) is 22.3. The van der Waals surface area contributed by atoms with Crippen molar-refractivity contribution in [2.45, 2.75) is 32.7 Å². The quantitative estimate of drug-likeness (QED) is 0.404. The van der Waals surface area contributed by atoms with Crippen molar-refractivity contribution in [1.29, 1.82) is 0 Å². The van der Waals surface area contributed by atoms with Crippen molar-refractivity contribution < 1.29 is 9.21 Å². The lowest BCUT2D eigenvalue weighted by atomic mass is 9.89. The number of benzene rings is 2. The lowest BCUT2D eigenvalue weighted by Gasteiger charge is -2.40. The van der Waals surface area contributed by atoms with Crippen molar-refractivity contribution in [1.82, 2.24) is 19.9 Å². The minimum atomic E-state index is -0.0102. The topological polar surface area (TPSA) is 84.2 Å². The fourth-order valence-electron chi connectivity index (χ4n) is 4.70. The molecule has 5 rings (SSSR count). The molecule has 0 radical (unpaired) electrons. The van der Waals surface area contributed by atoms with Crippen LogP contribution in [-0.2, 0) is 0 Å². The van der Waals surface area contributed by atoms with E-state index in [1.807, 2.05) is 36.1 Å². The van der Waals surface area contributed by atoms with Crippen LogP contribution < -0.4 is 5.32 Å². The van der Waals surface area contributed by atoms with Crippen LogP contribution in [0.1, 0.15) is 35.7 Å². The van der Waals surface area contributed by atoms with Crippen LogP contribution in [0.2, 0.25) is 5.02 Å². The van der Waals surface area contributed by atoms with Crippen molar-refractivity contribution in [3.05, 3.63) is 71.0 Å². The van der Waals surface area contributed by atoms with Gasteiger partial charge in [-0.2, -0.15) is 4.98 Å². The van der Waals surface area contributed by atoms with Crippen LogP contribution in [0.15, 0.2) is 59.3 Å². The van der Waals surface area contributed by atoms with Crippen molar-refractivity contribution >= 4 is 34.6 Å². The van der Waals surface area contributed by atoms with Crippen molar-refractivity contribution in [3.8, 4) is 11.4 Å². The van der Waals surface area contributed by atoms with Gasteiger partial charge in [0, 0.05) is 42.1 Å². The zero-order chi connectivity index (χ0) is 23.7. The van der Waals surface area contributed by atoms with E-state index in [0.29, 0.717) is 47.0 Å². The number of oxazole rings is 1. The fraction of sp³-hybridized carbons (Fsp3) is 0.308. The van der Waals surface area contributed by atoms with E-state index in [1.54, 1.807) is 30.6 Å². The predicted molar refractivity (Wildman–Crippen MR) is 133 cm³/mol. The Bertz CT molecular complexity index is 1320. The highest BCUT2D eigenvalue weighted by atomic mass is 35.5. The van der Waals surface area contributed by atoms with E-state index >= 15 is 0 Å². The van der Waals surface area contributed by atoms with E-state index in [9.17, 15) is 4.79 Å². The number of halogens is 1. The molecule has 4 aromatic rings. The van der Waals surface area contributed by atoms with Gasteiger partial charge in [-0.15, -0.1) is 0 Å². The van der Waals surface area contributed by atoms with Gasteiger partial charge in [0.15, 0.2) is 11.4 Å². The molecular formula is C26H26ClN5O2. The summed E-state index contributed by atoms with van der Waals surface area (Å²) in [5.41, 5.74) is 3.70. The summed E-state index contributed by atoms with van der Waals surface area (Å²) < 4.78 is 5.82. The molecule has 1 amide bonds. The molecule has 1 N–H and O–H groups in total. The van der Waals surface area contributed by atoms with Gasteiger partial charge in [0.25, 0.3) is 11.9 Å². The standard InChI is InChI=1S/C26H26ClN5O2/c1-16-7-4-13-32(21(16)15-30-26-31-20-10-9-18(27)14-22(20)34-26)25(33)23-17(2)6-3-8-19(23)24-28-11-5-12-29-24/h3,5-6,8-12,14,16,21H,4,7,13,15H2,1-2H3,(H,30,31). The lowest BCUT2D eigenvalue weighted by molar-refractivity contribution is 0.0539. The third kappa shape index (κ3) is 4.35. The largest absolute Gasteiger partial charge is 0.424 e. The molecule has 1 aliphatic heterocycles. The smallest absolute Gasteiger partial charge is 0.295 e. The monoisotopic (exact) mass is 475 g/mol. The Morgan fingerprint density at radius 2 is 2.03 bits per heavy atom. The molecule has 3 heterocycles. The van der Waals surface area contributed by atoms with Crippen LogP contribution in [0.25, 0.3) is 22.5 Å². The average Bonchev–Trinajstić information content (AvgIpc) is 3.25. The predicted octanol–water partition coefficient (Wildman–Crippen LogP) is 5.60. The van der Waals surface area contributed by atoms with E-state index in [2.05, 4.69) is 27.2 Å². The number of anilines is 1. The van der Waals surface area contributed by atoms with Crippen LogP contribution in [0.5, 0.6) is 0 Å². The van der Waals surface area contributed by atoms with E-state index in [1.165, 1.54) is 0 Å². The molecule has 7 nitrogen and oxygen atoms in total. The molecule has 0 saturated carbocycles. The number of hydrogen-bond acceptors (Lipinski definition) is 6. The number of rotatable bonds is 5. The molecule has 34 heavy (non-hydrogen) atoms. The van der Waals surface area contributed by atoms with Gasteiger partial charge in [0.2, 0.25) is 0 Å². The Balaban J connectivity index is 1.42. The minimum Gasteiger partial charge on any atom is -0.424 e. The number of aromatic nitrogens is 3. The number of aryl methyl sites for hydroxylation is 1. The van der Waals surface area contributed by atoms with Crippen LogP contribution in [0.3, 0.4) is 0 Å². The number of carbonyl (C=O) groups excluding carboxylic acids is 1. The maximum absolute atomic E-state index is 13.9. The Morgan fingerprint density at radius 1 is 1.21 bits per heavy atom. The number of nitrogens with one attached hydrogen (secondary N) is 1. The summed E-state index contributed by atoms with van der Waals surface area (Å²) in [4.78, 5) is 29.2. The number of hydrogen-bond donors (Lipinski definition) is 1. The van der Waals surface area contributed by atoms with Gasteiger partial charge in [0.1, 0.15) is 5.52 Å². The van der Waals surface area contributed by atoms with E-state index in [-0.39, 0.29) is 11.9 Å². The summed E-state index contributed by atoms with van der Waals surface area (Å²) in [6, 6.07) is 13.4. The molecule has 174 valence electrons. The van der Waals surface area contributed by atoms with Gasteiger partial charge in [0.05, 0.1) is 11.6 Å². The lowest BCUT2D eigenvalue weighted by Crippen LogP contribution is -2.51. The summed E-state index contributed by atoms with van der Waals surface area (Å²) >= 11 is 6.07. The molecule has 0 aliphatic carbocycles. The molecule has 2 unspecified atom stereocenters. The van der Waals surface area contributed by atoms with Crippen LogP contribution in [0.4, 0.5) is 6.01 Å². The Labute approximate surface area is 203 Å². The molecule has 8 heteroatoms. The van der Waals surface area contributed by atoms with Gasteiger partial charge >= 0.3 is 0 Å². The van der Waals surface area contributed by atoms with Gasteiger partial charge in [-0.05, 0) is 49.4 Å². The first-order valence-corrected chi connectivity index (χ1v) is 11.9. The minimum absolute atomic E-state index is 0.00301. The molecule has 1 saturated heterocycles. The Hall–Kier alpha value is -3.45. The Morgan fingerprint density at radius 3 is 2.85 bits per heavy atom. The summed E-state index contributed by atoms with van der Waals surface area (Å²) in [5.74, 6) is 0.882. The average molecular weight is 476 g/mol. The number of piperidine rings is 1. The SMILES string of the molecule is Cc1cccc(-c2ncccn2)c1C(=O)N1CCCC(C)C1CNc1nc2ccc(Cl)cc2o1.